The average Bonchev–Trinajstić information content (AvgIpc) is 2.87. The van der Waals surface area contributed by atoms with Crippen molar-refractivity contribution in [1.82, 2.24) is 9.78 Å². The first-order chi connectivity index (χ1) is 11.7. The first-order valence-electron chi connectivity index (χ1n) is 7.04. The predicted molar refractivity (Wildman–Crippen MR) is 90.3 cm³/mol. The molecule has 1 aromatic heterocycles. The molecular weight excluding hydrogens is 371 g/mol. The van der Waals surface area contributed by atoms with Gasteiger partial charge in [0.1, 0.15) is 5.82 Å². The van der Waals surface area contributed by atoms with Gasteiger partial charge in [-0.2, -0.15) is 5.10 Å². The molecule has 0 bridgehead atoms. The van der Waals surface area contributed by atoms with Gasteiger partial charge in [0.2, 0.25) is 0 Å². The Labute approximate surface area is 147 Å². The van der Waals surface area contributed by atoms with Crippen LogP contribution in [-0.2, 0) is 16.4 Å². The van der Waals surface area contributed by atoms with Crippen LogP contribution in [-0.4, -0.2) is 35.5 Å². The predicted octanol–water partition coefficient (Wildman–Crippen LogP) is 2.98. The fourth-order valence-electron chi connectivity index (χ4n) is 2.47. The molecule has 25 heavy (non-hydrogen) atoms. The topological polar surface area (TPSA) is 89.3 Å². The lowest BCUT2D eigenvalue weighted by Gasteiger charge is -2.07. The number of aromatic nitrogens is 2. The monoisotopic (exact) mass is 382 g/mol. The van der Waals surface area contributed by atoms with Crippen molar-refractivity contribution in [2.75, 3.05) is 6.26 Å². The van der Waals surface area contributed by atoms with E-state index in [2.05, 4.69) is 5.10 Å². The smallest absolute Gasteiger partial charge is 0.357 e. The van der Waals surface area contributed by atoms with Crippen LogP contribution in [0.2, 0.25) is 5.02 Å². The average molecular weight is 383 g/mol. The summed E-state index contributed by atoms with van der Waals surface area (Å²) >= 11 is 6.01. The van der Waals surface area contributed by atoms with E-state index in [1.165, 1.54) is 35.0 Å². The molecule has 6 nitrogen and oxygen atoms in total. The van der Waals surface area contributed by atoms with E-state index >= 15 is 0 Å². The number of rotatable bonds is 4. The zero-order valence-corrected chi connectivity index (χ0v) is 14.5. The maximum Gasteiger partial charge on any atom is 0.357 e. The van der Waals surface area contributed by atoms with Gasteiger partial charge in [0, 0.05) is 16.7 Å². The molecule has 0 fully saturated rings. The van der Waals surface area contributed by atoms with Gasteiger partial charge in [-0.3, -0.25) is 4.68 Å². The summed E-state index contributed by atoms with van der Waals surface area (Å²) in [5.74, 6) is -1.73. The van der Waals surface area contributed by atoms with E-state index in [0.29, 0.717) is 16.5 Å². The summed E-state index contributed by atoms with van der Waals surface area (Å²) in [5.41, 5.74) is 0.656. The lowest BCUT2D eigenvalue weighted by atomic mass is 10.2. The van der Waals surface area contributed by atoms with Gasteiger partial charge in [0.15, 0.2) is 15.5 Å². The van der Waals surface area contributed by atoms with E-state index in [-0.39, 0.29) is 22.2 Å². The molecule has 0 aliphatic carbocycles. The van der Waals surface area contributed by atoms with Crippen LogP contribution in [0.15, 0.2) is 41.3 Å². The Bertz CT molecular complexity index is 1110. The van der Waals surface area contributed by atoms with Crippen LogP contribution in [0, 0.1) is 5.82 Å². The summed E-state index contributed by atoms with van der Waals surface area (Å²) in [6.07, 6.45) is 1.06. The van der Waals surface area contributed by atoms with Crippen LogP contribution in [0.4, 0.5) is 4.39 Å². The van der Waals surface area contributed by atoms with E-state index in [4.69, 9.17) is 11.6 Å². The number of fused-ring (bicyclic) bond motifs is 1. The summed E-state index contributed by atoms with van der Waals surface area (Å²) in [6, 6.07) is 7.94. The van der Waals surface area contributed by atoms with E-state index in [1.54, 1.807) is 0 Å². The zero-order chi connectivity index (χ0) is 18.4. The molecule has 9 heteroatoms. The number of carboxylic acids is 1. The first kappa shape index (κ1) is 17.4. The molecule has 0 aliphatic rings. The molecule has 1 heterocycles. The van der Waals surface area contributed by atoms with Gasteiger partial charge in [0.25, 0.3) is 0 Å². The molecule has 3 rings (SSSR count). The lowest BCUT2D eigenvalue weighted by molar-refractivity contribution is 0.0691. The highest BCUT2D eigenvalue weighted by atomic mass is 35.5. The SMILES string of the molecule is CS(=O)(=O)c1ccc2c(C(=O)O)nn(Cc3ccc(F)cc3Cl)c2c1. The van der Waals surface area contributed by atoms with Crippen molar-refractivity contribution in [1.29, 1.82) is 0 Å². The highest BCUT2D eigenvalue weighted by molar-refractivity contribution is 7.90. The van der Waals surface area contributed by atoms with Gasteiger partial charge in [-0.25, -0.2) is 17.6 Å². The summed E-state index contributed by atoms with van der Waals surface area (Å²) < 4.78 is 38.1. The van der Waals surface area contributed by atoms with Crippen molar-refractivity contribution in [2.24, 2.45) is 0 Å². The minimum atomic E-state index is -3.47. The third kappa shape index (κ3) is 3.35. The summed E-state index contributed by atoms with van der Waals surface area (Å²) in [4.78, 5) is 11.4. The number of nitrogens with zero attached hydrogens (tertiary/aromatic N) is 2. The summed E-state index contributed by atoms with van der Waals surface area (Å²) in [7, 11) is -3.47. The normalized spacial score (nSPS) is 11.8. The zero-order valence-electron chi connectivity index (χ0n) is 12.9. The Kier molecular flexibility index (Phi) is 4.26. The van der Waals surface area contributed by atoms with Crippen molar-refractivity contribution in [3.63, 3.8) is 0 Å². The molecule has 0 spiro atoms. The minimum Gasteiger partial charge on any atom is -0.476 e. The number of carboxylic acid groups (broad SMARTS) is 1. The molecule has 0 saturated carbocycles. The van der Waals surface area contributed by atoms with Gasteiger partial charge >= 0.3 is 5.97 Å². The molecular formula is C16H12ClFN2O4S. The van der Waals surface area contributed by atoms with Crippen LogP contribution in [0.25, 0.3) is 10.9 Å². The number of halogens is 2. The molecule has 0 amide bonds. The molecule has 0 saturated heterocycles. The third-order valence-electron chi connectivity index (χ3n) is 3.69. The lowest BCUT2D eigenvalue weighted by Crippen LogP contribution is -2.05. The minimum absolute atomic E-state index is 0.0447. The van der Waals surface area contributed by atoms with Crippen LogP contribution in [0.1, 0.15) is 16.1 Å². The van der Waals surface area contributed by atoms with Gasteiger partial charge in [-0.15, -0.1) is 0 Å². The van der Waals surface area contributed by atoms with Crippen LogP contribution >= 0.6 is 11.6 Å². The number of hydrogen-bond acceptors (Lipinski definition) is 4. The maximum absolute atomic E-state index is 13.2. The third-order valence-corrected chi connectivity index (χ3v) is 5.15. The van der Waals surface area contributed by atoms with Gasteiger partial charge in [0.05, 0.1) is 17.0 Å². The van der Waals surface area contributed by atoms with Crippen LogP contribution < -0.4 is 0 Å². The largest absolute Gasteiger partial charge is 0.476 e. The molecule has 2 aromatic carbocycles. The molecule has 1 N–H and O–H groups in total. The van der Waals surface area contributed by atoms with E-state index in [0.717, 1.165) is 12.3 Å². The first-order valence-corrected chi connectivity index (χ1v) is 9.31. The number of aromatic carboxylic acids is 1. The van der Waals surface area contributed by atoms with E-state index in [1.807, 2.05) is 0 Å². The highest BCUT2D eigenvalue weighted by Crippen LogP contribution is 2.25. The Hall–Kier alpha value is -2.45. The quantitative estimate of drug-likeness (QED) is 0.749. The molecule has 0 atom stereocenters. The van der Waals surface area contributed by atoms with E-state index in [9.17, 15) is 22.7 Å². The van der Waals surface area contributed by atoms with Gasteiger partial charge in [-0.05, 0) is 35.9 Å². The van der Waals surface area contributed by atoms with E-state index < -0.39 is 21.6 Å². The van der Waals surface area contributed by atoms with Crippen molar-refractivity contribution in [2.45, 2.75) is 11.4 Å². The van der Waals surface area contributed by atoms with Crippen molar-refractivity contribution < 1.29 is 22.7 Å². The molecule has 3 aromatic rings. The second-order valence-electron chi connectivity index (χ2n) is 5.50. The van der Waals surface area contributed by atoms with Crippen molar-refractivity contribution in [3.05, 3.63) is 58.5 Å². The second-order valence-corrected chi connectivity index (χ2v) is 7.92. The summed E-state index contributed by atoms with van der Waals surface area (Å²) in [5, 5.41) is 13.8. The fourth-order valence-corrected chi connectivity index (χ4v) is 3.34. The Morgan fingerprint density at radius 3 is 2.60 bits per heavy atom. The van der Waals surface area contributed by atoms with Crippen LogP contribution in [0.5, 0.6) is 0 Å². The Morgan fingerprint density at radius 2 is 2.00 bits per heavy atom. The number of carbonyl (C=O) groups is 1. The standard InChI is InChI=1S/C16H12ClFN2O4S/c1-25(23,24)11-4-5-12-14(7-11)20(19-15(12)16(21)22)8-9-2-3-10(18)6-13(9)17/h2-7H,8H2,1H3,(H,21,22). The van der Waals surface area contributed by atoms with Crippen LogP contribution in [0.3, 0.4) is 0 Å². The fraction of sp³-hybridized carbons (Fsp3) is 0.125. The van der Waals surface area contributed by atoms with Crippen molar-refractivity contribution >= 4 is 38.3 Å². The molecule has 0 unspecified atom stereocenters. The Balaban J connectivity index is 2.20. The number of hydrogen-bond donors (Lipinski definition) is 1. The van der Waals surface area contributed by atoms with Gasteiger partial charge in [-0.1, -0.05) is 17.7 Å². The number of benzene rings is 2. The maximum atomic E-state index is 13.2. The molecule has 130 valence electrons. The molecule has 0 aliphatic heterocycles. The highest BCUT2D eigenvalue weighted by Gasteiger charge is 2.19. The van der Waals surface area contributed by atoms with Gasteiger partial charge < -0.3 is 5.11 Å². The Morgan fingerprint density at radius 1 is 1.28 bits per heavy atom. The second kappa shape index (κ2) is 6.12. The van der Waals surface area contributed by atoms with Crippen molar-refractivity contribution in [3.8, 4) is 0 Å². The molecule has 0 radical (unpaired) electrons. The summed E-state index contributed by atoms with van der Waals surface area (Å²) in [6.45, 7) is 0.0656. The number of sulfone groups is 1.